The van der Waals surface area contributed by atoms with E-state index in [1.54, 1.807) is 29.3 Å². The molecular weight excluding hydrogens is 274 g/mol. The molecule has 7 heteroatoms. The first-order valence-corrected chi connectivity index (χ1v) is 6.94. The van der Waals surface area contributed by atoms with Crippen LogP contribution in [0.3, 0.4) is 0 Å². The van der Waals surface area contributed by atoms with E-state index in [4.69, 9.17) is 18.0 Å². The Hall–Kier alpha value is -2.02. The number of hydrogen-bond donors (Lipinski definition) is 1. The quantitative estimate of drug-likeness (QED) is 0.831. The first-order chi connectivity index (χ1) is 9.66. The van der Waals surface area contributed by atoms with Gasteiger partial charge in [-0.2, -0.15) is 5.10 Å². The zero-order valence-corrected chi connectivity index (χ0v) is 11.7. The predicted octanol–water partition coefficient (Wildman–Crippen LogP) is 1.01. The van der Waals surface area contributed by atoms with Gasteiger partial charge < -0.3 is 10.6 Å². The maximum absolute atomic E-state index is 12.7. The fraction of sp³-hybridized carbons (Fsp3) is 0.385. The summed E-state index contributed by atoms with van der Waals surface area (Å²) in [6.45, 7) is 0.566. The minimum absolute atomic E-state index is 0.0215. The highest BCUT2D eigenvalue weighted by molar-refractivity contribution is 7.80. The van der Waals surface area contributed by atoms with Gasteiger partial charge in [-0.15, -0.1) is 0 Å². The van der Waals surface area contributed by atoms with E-state index in [2.05, 4.69) is 10.1 Å². The molecule has 20 heavy (non-hydrogen) atoms. The van der Waals surface area contributed by atoms with E-state index in [1.165, 1.54) is 0 Å². The van der Waals surface area contributed by atoms with Crippen molar-refractivity contribution in [2.75, 3.05) is 6.54 Å². The summed E-state index contributed by atoms with van der Waals surface area (Å²) in [7, 11) is 0. The molecule has 0 aliphatic heterocycles. The van der Waals surface area contributed by atoms with Crippen LogP contribution in [0.1, 0.15) is 29.6 Å². The maximum Gasteiger partial charge on any atom is 0.258 e. The van der Waals surface area contributed by atoms with Crippen LogP contribution in [-0.4, -0.2) is 43.0 Å². The molecule has 0 bridgehead atoms. The summed E-state index contributed by atoms with van der Waals surface area (Å²) in [6, 6.07) is 0.309. The van der Waals surface area contributed by atoms with Crippen LogP contribution in [0.5, 0.6) is 0 Å². The molecule has 0 atom stereocenters. The van der Waals surface area contributed by atoms with Crippen LogP contribution in [0.25, 0.3) is 5.52 Å². The molecule has 1 fully saturated rings. The highest BCUT2D eigenvalue weighted by Gasteiger charge is 2.33. The second-order valence-corrected chi connectivity index (χ2v) is 5.43. The molecule has 0 saturated heterocycles. The molecule has 2 N–H and O–H groups in total. The summed E-state index contributed by atoms with van der Waals surface area (Å²) in [6.07, 6.45) is 9.24. The fourth-order valence-corrected chi connectivity index (χ4v) is 2.31. The Morgan fingerprint density at radius 3 is 3.00 bits per heavy atom. The first-order valence-electron chi connectivity index (χ1n) is 6.53. The third kappa shape index (κ3) is 2.49. The molecule has 1 saturated carbocycles. The van der Waals surface area contributed by atoms with E-state index in [-0.39, 0.29) is 5.91 Å². The van der Waals surface area contributed by atoms with Crippen LogP contribution in [0.2, 0.25) is 0 Å². The standard InChI is InChI=1S/C13H15N5OS/c14-12(20)3-5-17(9-1-2-9)13(19)10-7-16-18-6-4-15-8-11(10)18/h4,6-9H,1-3,5H2,(H2,14,20). The van der Waals surface area contributed by atoms with Crippen molar-refractivity contribution >= 4 is 28.6 Å². The van der Waals surface area contributed by atoms with Gasteiger partial charge >= 0.3 is 0 Å². The average Bonchev–Trinajstić information content (AvgIpc) is 3.17. The monoisotopic (exact) mass is 289 g/mol. The summed E-state index contributed by atoms with van der Waals surface area (Å²) in [5, 5.41) is 4.18. The number of fused-ring (bicyclic) bond motifs is 1. The topological polar surface area (TPSA) is 76.5 Å². The molecule has 1 amide bonds. The molecule has 2 aromatic rings. The Balaban J connectivity index is 1.87. The minimum atomic E-state index is -0.0215. The van der Waals surface area contributed by atoms with E-state index >= 15 is 0 Å². The average molecular weight is 289 g/mol. The number of nitrogens with two attached hydrogens (primary N) is 1. The van der Waals surface area contributed by atoms with E-state index in [9.17, 15) is 4.79 Å². The molecule has 0 spiro atoms. The van der Waals surface area contributed by atoms with Gasteiger partial charge in [0.15, 0.2) is 0 Å². The second-order valence-electron chi connectivity index (χ2n) is 4.91. The third-order valence-corrected chi connectivity index (χ3v) is 3.61. The van der Waals surface area contributed by atoms with Gasteiger partial charge in [0, 0.05) is 31.4 Å². The lowest BCUT2D eigenvalue weighted by Gasteiger charge is -2.21. The largest absolute Gasteiger partial charge is 0.393 e. The SMILES string of the molecule is NC(=S)CCN(C(=O)c1cnn2ccncc12)C1CC1. The number of hydrogen-bond acceptors (Lipinski definition) is 4. The fourth-order valence-electron chi connectivity index (χ4n) is 2.22. The highest BCUT2D eigenvalue weighted by Crippen LogP contribution is 2.29. The van der Waals surface area contributed by atoms with Gasteiger partial charge in [-0.05, 0) is 12.8 Å². The predicted molar refractivity (Wildman–Crippen MR) is 78.4 cm³/mol. The molecular formula is C13H15N5OS. The molecule has 2 heterocycles. The van der Waals surface area contributed by atoms with Crippen molar-refractivity contribution < 1.29 is 4.79 Å². The molecule has 0 radical (unpaired) electrons. The van der Waals surface area contributed by atoms with Crippen LogP contribution < -0.4 is 5.73 Å². The Labute approximate surface area is 121 Å². The second kappa shape index (κ2) is 5.16. The lowest BCUT2D eigenvalue weighted by molar-refractivity contribution is 0.0750. The van der Waals surface area contributed by atoms with Crippen molar-refractivity contribution in [3.63, 3.8) is 0 Å². The van der Waals surface area contributed by atoms with Crippen molar-refractivity contribution in [3.8, 4) is 0 Å². The summed E-state index contributed by atoms with van der Waals surface area (Å²) in [4.78, 5) is 19.0. The van der Waals surface area contributed by atoms with E-state index < -0.39 is 0 Å². The summed E-state index contributed by atoms with van der Waals surface area (Å²) < 4.78 is 1.65. The van der Waals surface area contributed by atoms with Crippen LogP contribution in [0, 0.1) is 0 Å². The van der Waals surface area contributed by atoms with Crippen molar-refractivity contribution in [2.45, 2.75) is 25.3 Å². The van der Waals surface area contributed by atoms with E-state index in [1.807, 2.05) is 4.90 Å². The number of thiocarbonyl (C=S) groups is 1. The van der Waals surface area contributed by atoms with Gasteiger partial charge in [0.1, 0.15) is 0 Å². The van der Waals surface area contributed by atoms with E-state index in [0.717, 1.165) is 18.4 Å². The van der Waals surface area contributed by atoms with Crippen molar-refractivity contribution in [2.24, 2.45) is 5.73 Å². The zero-order valence-electron chi connectivity index (χ0n) is 10.9. The normalized spacial score (nSPS) is 14.4. The Morgan fingerprint density at radius 1 is 1.50 bits per heavy atom. The van der Waals surface area contributed by atoms with Crippen molar-refractivity contribution in [3.05, 3.63) is 30.4 Å². The van der Waals surface area contributed by atoms with Gasteiger partial charge in [-0.1, -0.05) is 12.2 Å². The number of aromatic nitrogens is 3. The smallest absolute Gasteiger partial charge is 0.258 e. The van der Waals surface area contributed by atoms with Gasteiger partial charge in [-0.3, -0.25) is 9.78 Å². The van der Waals surface area contributed by atoms with Crippen molar-refractivity contribution in [1.82, 2.24) is 19.5 Å². The Kier molecular flexibility index (Phi) is 3.35. The summed E-state index contributed by atoms with van der Waals surface area (Å²) in [5.41, 5.74) is 6.84. The lowest BCUT2D eigenvalue weighted by atomic mass is 10.2. The van der Waals surface area contributed by atoms with Gasteiger partial charge in [0.2, 0.25) is 0 Å². The third-order valence-electron chi connectivity index (χ3n) is 3.40. The Morgan fingerprint density at radius 2 is 2.30 bits per heavy atom. The number of amides is 1. The zero-order chi connectivity index (χ0) is 14.1. The first kappa shape index (κ1) is 13.0. The van der Waals surface area contributed by atoms with E-state index in [0.29, 0.717) is 29.6 Å². The molecule has 6 nitrogen and oxygen atoms in total. The number of carbonyl (C=O) groups is 1. The molecule has 0 aromatic carbocycles. The summed E-state index contributed by atoms with van der Waals surface area (Å²) >= 11 is 4.90. The molecule has 1 aliphatic carbocycles. The molecule has 2 aromatic heterocycles. The molecule has 0 unspecified atom stereocenters. The summed E-state index contributed by atoms with van der Waals surface area (Å²) in [5.74, 6) is -0.0215. The number of nitrogens with zero attached hydrogens (tertiary/aromatic N) is 4. The Bertz CT molecular complexity index is 664. The van der Waals surface area contributed by atoms with Gasteiger partial charge in [0.05, 0.1) is 28.5 Å². The van der Waals surface area contributed by atoms with Crippen LogP contribution in [-0.2, 0) is 0 Å². The molecule has 1 aliphatic rings. The maximum atomic E-state index is 12.7. The van der Waals surface area contributed by atoms with Crippen molar-refractivity contribution in [1.29, 1.82) is 0 Å². The lowest BCUT2D eigenvalue weighted by Crippen LogP contribution is -2.35. The van der Waals surface area contributed by atoms with Gasteiger partial charge in [0.25, 0.3) is 5.91 Å². The number of carbonyl (C=O) groups excluding carboxylic acids is 1. The van der Waals surface area contributed by atoms with Crippen LogP contribution >= 0.6 is 12.2 Å². The number of rotatable bonds is 5. The molecule has 3 rings (SSSR count). The highest BCUT2D eigenvalue weighted by atomic mass is 32.1. The van der Waals surface area contributed by atoms with Crippen LogP contribution in [0.15, 0.2) is 24.8 Å². The minimum Gasteiger partial charge on any atom is -0.393 e. The van der Waals surface area contributed by atoms with Crippen LogP contribution in [0.4, 0.5) is 0 Å². The van der Waals surface area contributed by atoms with Gasteiger partial charge in [-0.25, -0.2) is 4.52 Å². The molecule has 104 valence electrons.